The fourth-order valence-corrected chi connectivity index (χ4v) is 2.35. The van der Waals surface area contributed by atoms with Crippen LogP contribution in [0.2, 0.25) is 10.0 Å². The lowest BCUT2D eigenvalue weighted by Crippen LogP contribution is -1.94. The molecule has 0 unspecified atom stereocenters. The van der Waals surface area contributed by atoms with Crippen molar-refractivity contribution in [1.82, 2.24) is 0 Å². The maximum Gasteiger partial charge on any atom is 0.0764 e. The fraction of sp³-hybridized carbons (Fsp3) is 0. The van der Waals surface area contributed by atoms with Gasteiger partial charge in [-0.2, -0.15) is 0 Å². The Bertz CT molecular complexity index is 518. The summed E-state index contributed by atoms with van der Waals surface area (Å²) in [6, 6.07) is 11.3. The Morgan fingerprint density at radius 1 is 1.00 bits per heavy atom. The maximum absolute atomic E-state index is 6.09. The Kier molecular flexibility index (Phi) is 4.01. The molecule has 5 heteroatoms. The molecule has 3 N–H and O–H groups in total. The number of anilines is 3. The van der Waals surface area contributed by atoms with E-state index >= 15 is 0 Å². The van der Waals surface area contributed by atoms with Gasteiger partial charge in [-0.1, -0.05) is 23.2 Å². The zero-order chi connectivity index (χ0) is 12.4. The summed E-state index contributed by atoms with van der Waals surface area (Å²) in [4.78, 5) is 0. The van der Waals surface area contributed by atoms with Crippen LogP contribution in [0.15, 0.2) is 36.4 Å². The van der Waals surface area contributed by atoms with Crippen LogP contribution in [0, 0.1) is 3.57 Å². The Labute approximate surface area is 123 Å². The molecule has 0 fully saturated rings. The highest BCUT2D eigenvalue weighted by Crippen LogP contribution is 2.34. The van der Waals surface area contributed by atoms with Gasteiger partial charge in [0.15, 0.2) is 0 Å². The van der Waals surface area contributed by atoms with Gasteiger partial charge < -0.3 is 11.1 Å². The van der Waals surface area contributed by atoms with E-state index < -0.39 is 0 Å². The topological polar surface area (TPSA) is 38.0 Å². The van der Waals surface area contributed by atoms with E-state index in [-0.39, 0.29) is 0 Å². The van der Waals surface area contributed by atoms with Crippen molar-refractivity contribution in [1.29, 1.82) is 0 Å². The summed E-state index contributed by atoms with van der Waals surface area (Å²) < 4.78 is 1.17. The summed E-state index contributed by atoms with van der Waals surface area (Å²) in [5.74, 6) is 0. The summed E-state index contributed by atoms with van der Waals surface area (Å²) in [7, 11) is 0. The summed E-state index contributed by atoms with van der Waals surface area (Å²) in [6.45, 7) is 0. The van der Waals surface area contributed by atoms with Crippen LogP contribution in [0.5, 0.6) is 0 Å². The quantitative estimate of drug-likeness (QED) is 0.574. The molecule has 2 nitrogen and oxygen atoms in total. The second-order valence-corrected chi connectivity index (χ2v) is 5.55. The van der Waals surface area contributed by atoms with Crippen LogP contribution in [0.3, 0.4) is 0 Å². The predicted octanol–water partition coefficient (Wildman–Crippen LogP) is 4.92. The molecule has 0 saturated heterocycles. The third kappa shape index (κ3) is 3.18. The minimum atomic E-state index is 0.508. The molecule has 0 saturated carbocycles. The van der Waals surface area contributed by atoms with Gasteiger partial charge in [-0.3, -0.25) is 0 Å². The molecular weight excluding hydrogens is 370 g/mol. The van der Waals surface area contributed by atoms with Gasteiger partial charge in [-0.15, -0.1) is 0 Å². The van der Waals surface area contributed by atoms with Gasteiger partial charge in [0.05, 0.1) is 15.7 Å². The van der Waals surface area contributed by atoms with Crippen molar-refractivity contribution >= 4 is 62.9 Å². The van der Waals surface area contributed by atoms with E-state index in [0.717, 1.165) is 5.69 Å². The molecule has 88 valence electrons. The number of hydrogen-bond acceptors (Lipinski definition) is 2. The first kappa shape index (κ1) is 12.8. The standard InChI is InChI=1S/C12H9Cl2IN2/c13-10-5-8(16)6-11(14)12(10)17-9-3-1-7(15)2-4-9/h1-6,17H,16H2. The lowest BCUT2D eigenvalue weighted by Gasteiger charge is -2.11. The first-order valence-electron chi connectivity index (χ1n) is 4.83. The van der Waals surface area contributed by atoms with Crippen molar-refractivity contribution < 1.29 is 0 Å². The third-order valence-electron chi connectivity index (χ3n) is 2.18. The molecule has 2 aromatic rings. The first-order valence-corrected chi connectivity index (χ1v) is 6.67. The van der Waals surface area contributed by atoms with Crippen molar-refractivity contribution in [3.8, 4) is 0 Å². The van der Waals surface area contributed by atoms with E-state index in [1.165, 1.54) is 3.57 Å². The summed E-state index contributed by atoms with van der Waals surface area (Å²) in [5, 5.41) is 4.19. The average molecular weight is 379 g/mol. The summed E-state index contributed by atoms with van der Waals surface area (Å²) in [6.07, 6.45) is 0. The minimum Gasteiger partial charge on any atom is -0.399 e. The van der Waals surface area contributed by atoms with Gasteiger partial charge in [0.1, 0.15) is 0 Å². The maximum atomic E-state index is 6.09. The third-order valence-corrected chi connectivity index (χ3v) is 3.49. The van der Waals surface area contributed by atoms with E-state index in [0.29, 0.717) is 21.4 Å². The molecule has 2 aromatic carbocycles. The van der Waals surface area contributed by atoms with E-state index in [9.17, 15) is 0 Å². The monoisotopic (exact) mass is 378 g/mol. The van der Waals surface area contributed by atoms with Gasteiger partial charge in [-0.25, -0.2) is 0 Å². The zero-order valence-corrected chi connectivity index (χ0v) is 12.3. The molecular formula is C12H9Cl2IN2. The highest BCUT2D eigenvalue weighted by Gasteiger charge is 2.07. The molecule has 0 amide bonds. The Morgan fingerprint density at radius 2 is 1.53 bits per heavy atom. The number of nitrogens with one attached hydrogen (secondary N) is 1. The molecule has 0 heterocycles. The summed E-state index contributed by atoms with van der Waals surface area (Å²) in [5.41, 5.74) is 7.79. The van der Waals surface area contributed by atoms with Gasteiger partial charge in [-0.05, 0) is 59.0 Å². The Hall–Kier alpha value is -0.650. The highest BCUT2D eigenvalue weighted by atomic mass is 127. The van der Waals surface area contributed by atoms with Crippen molar-refractivity contribution in [2.75, 3.05) is 11.1 Å². The largest absolute Gasteiger partial charge is 0.399 e. The van der Waals surface area contributed by atoms with Gasteiger partial charge in [0, 0.05) is 14.9 Å². The van der Waals surface area contributed by atoms with Crippen LogP contribution in [0.25, 0.3) is 0 Å². The minimum absolute atomic E-state index is 0.508. The molecule has 17 heavy (non-hydrogen) atoms. The fourth-order valence-electron chi connectivity index (χ4n) is 1.39. The number of nitrogen functional groups attached to an aromatic ring is 1. The van der Waals surface area contributed by atoms with Crippen LogP contribution in [-0.4, -0.2) is 0 Å². The van der Waals surface area contributed by atoms with Gasteiger partial charge in [0.25, 0.3) is 0 Å². The normalized spacial score (nSPS) is 10.3. The number of nitrogens with two attached hydrogens (primary N) is 1. The molecule has 0 aliphatic heterocycles. The Balaban J connectivity index is 2.33. The van der Waals surface area contributed by atoms with Gasteiger partial charge in [0.2, 0.25) is 0 Å². The smallest absolute Gasteiger partial charge is 0.0764 e. The summed E-state index contributed by atoms with van der Waals surface area (Å²) >= 11 is 14.4. The molecule has 0 aromatic heterocycles. The molecule has 0 spiro atoms. The number of benzene rings is 2. The van der Waals surface area contributed by atoms with Crippen molar-refractivity contribution in [2.45, 2.75) is 0 Å². The second-order valence-electron chi connectivity index (χ2n) is 3.49. The lowest BCUT2D eigenvalue weighted by molar-refractivity contribution is 1.53. The average Bonchev–Trinajstić information content (AvgIpc) is 2.26. The van der Waals surface area contributed by atoms with Crippen LogP contribution in [-0.2, 0) is 0 Å². The van der Waals surface area contributed by atoms with E-state index in [2.05, 4.69) is 27.9 Å². The van der Waals surface area contributed by atoms with Crippen LogP contribution in [0.1, 0.15) is 0 Å². The van der Waals surface area contributed by atoms with E-state index in [1.807, 2.05) is 24.3 Å². The van der Waals surface area contributed by atoms with E-state index in [1.54, 1.807) is 12.1 Å². The first-order chi connectivity index (χ1) is 8.06. The van der Waals surface area contributed by atoms with Crippen molar-refractivity contribution in [3.05, 3.63) is 50.0 Å². The molecule has 0 aliphatic rings. The van der Waals surface area contributed by atoms with Crippen LogP contribution >= 0.6 is 45.8 Å². The number of rotatable bonds is 2. The highest BCUT2D eigenvalue weighted by molar-refractivity contribution is 14.1. The molecule has 0 aliphatic carbocycles. The predicted molar refractivity (Wildman–Crippen MR) is 83.3 cm³/mol. The van der Waals surface area contributed by atoms with Crippen LogP contribution < -0.4 is 11.1 Å². The van der Waals surface area contributed by atoms with Crippen molar-refractivity contribution in [2.24, 2.45) is 0 Å². The van der Waals surface area contributed by atoms with Gasteiger partial charge >= 0.3 is 0 Å². The van der Waals surface area contributed by atoms with Crippen molar-refractivity contribution in [3.63, 3.8) is 0 Å². The Morgan fingerprint density at radius 3 is 2.06 bits per heavy atom. The SMILES string of the molecule is Nc1cc(Cl)c(Nc2ccc(I)cc2)c(Cl)c1. The lowest BCUT2D eigenvalue weighted by atomic mass is 10.2. The number of halogens is 3. The molecule has 0 radical (unpaired) electrons. The molecule has 2 rings (SSSR count). The number of hydrogen-bond donors (Lipinski definition) is 2. The van der Waals surface area contributed by atoms with E-state index in [4.69, 9.17) is 28.9 Å². The second kappa shape index (κ2) is 5.33. The molecule has 0 atom stereocenters. The molecule has 0 bridgehead atoms. The zero-order valence-electron chi connectivity index (χ0n) is 8.68. The van der Waals surface area contributed by atoms with Crippen LogP contribution in [0.4, 0.5) is 17.1 Å².